The highest BCUT2D eigenvalue weighted by atomic mass is 32.2. The zero-order chi connectivity index (χ0) is 58.4. The summed E-state index contributed by atoms with van der Waals surface area (Å²) in [7, 11) is 0. The fourth-order valence-corrected chi connectivity index (χ4v) is 9.01. The maximum absolute atomic E-state index is 12.8. The Morgan fingerprint density at radius 1 is 0.590 bits per heavy atom. The van der Waals surface area contributed by atoms with Gasteiger partial charge in [-0.05, 0) is 114 Å². The third-order valence-corrected chi connectivity index (χ3v) is 13.6. The van der Waals surface area contributed by atoms with E-state index in [2.05, 4.69) is 110 Å². The van der Waals surface area contributed by atoms with E-state index in [1.165, 1.54) is 24.3 Å². The molecule has 0 saturated heterocycles. The molecule has 0 bridgehead atoms. The molecule has 0 radical (unpaired) electrons. The van der Waals surface area contributed by atoms with Crippen LogP contribution in [0.2, 0.25) is 0 Å². The zero-order valence-electron chi connectivity index (χ0n) is 46.6. The van der Waals surface area contributed by atoms with Crippen LogP contribution in [0.4, 0.5) is 38.0 Å². The van der Waals surface area contributed by atoms with Gasteiger partial charge in [-0.3, -0.25) is 29.8 Å². The molecule has 0 spiro atoms. The van der Waals surface area contributed by atoms with Crippen LogP contribution in [0.5, 0.6) is 5.75 Å². The molecule has 4 amide bonds. The molecule has 2 atom stereocenters. The van der Waals surface area contributed by atoms with E-state index in [9.17, 15) is 44.0 Å². The van der Waals surface area contributed by atoms with Crippen LogP contribution in [0.15, 0.2) is 97.1 Å². The van der Waals surface area contributed by atoms with Crippen LogP contribution in [0.25, 0.3) is 22.3 Å². The summed E-state index contributed by atoms with van der Waals surface area (Å²) in [5, 5.41) is 39.0. The summed E-state index contributed by atoms with van der Waals surface area (Å²) in [5.74, 6) is -3.15. The SMILES string of the molecule is CC(C)C(=O)NC(CS)C(=O)O.CCN(CC)c1cccc(C)c1-c1c(C)cccc1NC(=O)Oc1ccc([N+](=O)[O-])cc1.CCN(CC)c1cccc(C)c1-c1c(C)cccc1NC(=O)SCC(NC(=O)C(C)C)C(=O)O. The summed E-state index contributed by atoms with van der Waals surface area (Å²) in [6.07, 6.45) is -0.663. The van der Waals surface area contributed by atoms with Gasteiger partial charge in [0.05, 0.1) is 10.6 Å². The number of hydrogen-bond acceptors (Lipinski definition) is 13. The number of aryl methyl sites for hydroxylation is 4. The van der Waals surface area contributed by atoms with Crippen molar-refractivity contribution in [3.8, 4) is 28.0 Å². The largest absolute Gasteiger partial charge is 0.480 e. The van der Waals surface area contributed by atoms with Crippen LogP contribution in [-0.4, -0.2) is 100.0 Å². The molecule has 0 fully saturated rings. The predicted molar refractivity (Wildman–Crippen MR) is 317 cm³/mol. The Labute approximate surface area is 467 Å². The van der Waals surface area contributed by atoms with Gasteiger partial charge in [-0.25, -0.2) is 14.4 Å². The first-order chi connectivity index (χ1) is 36.9. The molecule has 5 aromatic carbocycles. The van der Waals surface area contributed by atoms with E-state index in [-0.39, 0.29) is 51.8 Å². The van der Waals surface area contributed by atoms with E-state index >= 15 is 0 Å². The fraction of sp³-hybridized carbons (Fsp3) is 0.379. The van der Waals surface area contributed by atoms with Crippen molar-refractivity contribution in [1.82, 2.24) is 10.6 Å². The Morgan fingerprint density at radius 2 is 0.974 bits per heavy atom. The van der Waals surface area contributed by atoms with Crippen molar-refractivity contribution in [2.75, 3.05) is 58.1 Å². The quantitative estimate of drug-likeness (QED) is 0.0205. The summed E-state index contributed by atoms with van der Waals surface area (Å²) in [5.41, 5.74) is 11.7. The van der Waals surface area contributed by atoms with Gasteiger partial charge in [-0.2, -0.15) is 12.6 Å². The number of nitrogens with zero attached hydrogens (tertiary/aromatic N) is 3. The van der Waals surface area contributed by atoms with Crippen molar-refractivity contribution in [1.29, 1.82) is 0 Å². The summed E-state index contributed by atoms with van der Waals surface area (Å²) >= 11 is 4.64. The lowest BCUT2D eigenvalue weighted by molar-refractivity contribution is -0.384. The molecule has 420 valence electrons. The van der Waals surface area contributed by atoms with Crippen molar-refractivity contribution in [2.24, 2.45) is 11.8 Å². The summed E-state index contributed by atoms with van der Waals surface area (Å²) in [6, 6.07) is 27.2. The lowest BCUT2D eigenvalue weighted by Crippen LogP contribution is -2.44. The van der Waals surface area contributed by atoms with Crippen molar-refractivity contribution < 1.29 is 48.6 Å². The van der Waals surface area contributed by atoms with Gasteiger partial charge < -0.3 is 40.7 Å². The number of non-ortho nitro benzene ring substituents is 1. The second-order valence-corrected chi connectivity index (χ2v) is 19.9. The number of hydrogen-bond donors (Lipinski definition) is 7. The minimum absolute atomic E-state index is 0.0674. The number of ether oxygens (including phenoxy) is 1. The number of anilines is 4. The molecule has 0 aromatic heterocycles. The number of thioether (sulfide) groups is 1. The smallest absolute Gasteiger partial charge is 0.417 e. The van der Waals surface area contributed by atoms with Gasteiger partial charge in [-0.15, -0.1) is 0 Å². The lowest BCUT2D eigenvalue weighted by Gasteiger charge is -2.27. The van der Waals surface area contributed by atoms with Crippen LogP contribution in [0.1, 0.15) is 77.6 Å². The van der Waals surface area contributed by atoms with Gasteiger partial charge in [0.15, 0.2) is 0 Å². The second-order valence-electron chi connectivity index (χ2n) is 18.6. The molecule has 0 aliphatic carbocycles. The van der Waals surface area contributed by atoms with Crippen LogP contribution in [0, 0.1) is 49.6 Å². The molecule has 0 aliphatic rings. The second kappa shape index (κ2) is 31.6. The summed E-state index contributed by atoms with van der Waals surface area (Å²) in [4.78, 5) is 85.2. The number of carbonyl (C=O) groups is 6. The third kappa shape index (κ3) is 18.6. The van der Waals surface area contributed by atoms with Crippen molar-refractivity contribution in [3.63, 3.8) is 0 Å². The van der Waals surface area contributed by atoms with E-state index in [1.54, 1.807) is 27.7 Å². The number of amides is 4. The van der Waals surface area contributed by atoms with Gasteiger partial charge in [0.2, 0.25) is 11.8 Å². The lowest BCUT2D eigenvalue weighted by atomic mass is 9.92. The molecule has 6 N–H and O–H groups in total. The fourth-order valence-electron chi connectivity index (χ4n) is 8.04. The van der Waals surface area contributed by atoms with E-state index < -0.39 is 35.0 Å². The normalized spacial score (nSPS) is 11.4. The minimum atomic E-state index is -1.17. The Hall–Kier alpha value is -7.58. The number of carboxylic acids is 2. The molecular formula is C58H75N7O11S2. The maximum atomic E-state index is 12.8. The molecule has 5 rings (SSSR count). The maximum Gasteiger partial charge on any atom is 0.417 e. The third-order valence-electron chi connectivity index (χ3n) is 12.3. The number of benzene rings is 5. The van der Waals surface area contributed by atoms with Gasteiger partial charge >= 0.3 is 18.0 Å². The average molecular weight is 1110 g/mol. The number of carbonyl (C=O) groups excluding carboxylic acids is 4. The van der Waals surface area contributed by atoms with Crippen LogP contribution in [-0.2, 0) is 19.2 Å². The molecule has 20 heteroatoms. The van der Waals surface area contributed by atoms with Crippen molar-refractivity contribution >= 4 is 87.9 Å². The Bertz CT molecular complexity index is 2870. The first-order valence-corrected chi connectivity index (χ1v) is 27.3. The van der Waals surface area contributed by atoms with E-state index in [4.69, 9.17) is 9.84 Å². The number of rotatable bonds is 21. The average Bonchev–Trinajstić information content (AvgIpc) is 3.43. The highest BCUT2D eigenvalue weighted by Crippen LogP contribution is 2.42. The number of carboxylic acid groups (broad SMARTS) is 2. The molecule has 5 aromatic rings. The van der Waals surface area contributed by atoms with Gasteiger partial charge in [0.1, 0.15) is 17.8 Å². The summed E-state index contributed by atoms with van der Waals surface area (Å²) in [6.45, 7) is 26.8. The predicted octanol–water partition coefficient (Wildman–Crippen LogP) is 11.8. The summed E-state index contributed by atoms with van der Waals surface area (Å²) < 4.78 is 5.35. The molecule has 0 saturated carbocycles. The van der Waals surface area contributed by atoms with Gasteiger partial charge in [0, 0.05) is 101 Å². The molecule has 0 aliphatic heterocycles. The number of aliphatic carboxylic acids is 2. The highest BCUT2D eigenvalue weighted by Gasteiger charge is 2.25. The zero-order valence-corrected chi connectivity index (χ0v) is 48.3. The monoisotopic (exact) mass is 1110 g/mol. The Morgan fingerprint density at radius 3 is 1.35 bits per heavy atom. The van der Waals surface area contributed by atoms with Crippen molar-refractivity contribution in [2.45, 2.75) is 95.2 Å². The van der Waals surface area contributed by atoms with Crippen LogP contribution in [0.3, 0.4) is 0 Å². The van der Waals surface area contributed by atoms with Gasteiger partial charge in [-0.1, -0.05) is 88.0 Å². The number of nitro groups is 1. The molecule has 0 heterocycles. The van der Waals surface area contributed by atoms with Gasteiger partial charge in [0.25, 0.3) is 10.9 Å². The highest BCUT2D eigenvalue weighted by molar-refractivity contribution is 8.13. The molecular weight excluding hydrogens is 1030 g/mol. The Balaban J connectivity index is 0.000000340. The molecule has 18 nitrogen and oxygen atoms in total. The van der Waals surface area contributed by atoms with E-state index in [0.717, 1.165) is 93.8 Å². The molecule has 78 heavy (non-hydrogen) atoms. The van der Waals surface area contributed by atoms with Crippen molar-refractivity contribution in [3.05, 3.63) is 129 Å². The van der Waals surface area contributed by atoms with Crippen LogP contribution >= 0.6 is 24.4 Å². The number of thiol groups is 1. The first kappa shape index (κ1) is 64.7. The first-order valence-electron chi connectivity index (χ1n) is 25.7. The van der Waals surface area contributed by atoms with E-state index in [1.807, 2.05) is 62.4 Å². The number of nitro benzene ring substituents is 1. The Kier molecular flexibility index (Phi) is 26.2. The topological polar surface area (TPSA) is 250 Å². The minimum Gasteiger partial charge on any atom is -0.480 e. The van der Waals surface area contributed by atoms with E-state index in [0.29, 0.717) is 11.4 Å². The number of nitrogens with one attached hydrogen (secondary N) is 4. The van der Waals surface area contributed by atoms with Crippen LogP contribution < -0.4 is 35.8 Å². The molecule has 2 unspecified atom stereocenters. The standard InChI is InChI=1S/C26H35N3O4S.C25H27N3O4.C7H13NO3S/c1-7-29(8-2)21-14-10-12-18(6)23(21)22-17(5)11-9-13-19(22)28-26(33)34-15-20(25(31)32)27-24(30)16(3)4;1-5-27(6-2)22-12-8-10-18(4)24(22)23-17(3)9-7-11-21(23)26-25(29)32-20-15-13-19(14-16-20)28(30)31;1-4(2)6(9)8-5(3-12)7(10)11/h9-14,16,20H,7-8,15H2,1-6H3,(H,27,30)(H,28,33)(H,31,32);7-16H,5-6H2,1-4H3,(H,26,29);4-5,12H,3H2,1-2H3,(H,8,9)(H,10,11).